The predicted molar refractivity (Wildman–Crippen MR) is 62.9 cm³/mol. The Morgan fingerprint density at radius 3 is 2.88 bits per heavy atom. The predicted octanol–water partition coefficient (Wildman–Crippen LogP) is 2.62. The van der Waals surface area contributed by atoms with E-state index < -0.39 is 0 Å². The van der Waals surface area contributed by atoms with Crippen molar-refractivity contribution in [1.29, 1.82) is 0 Å². The number of likely N-dealkylation sites (N-methyl/N-ethyl adjacent to an activating group) is 1. The first-order valence-corrected chi connectivity index (χ1v) is 5.29. The number of rotatable bonds is 3. The van der Waals surface area contributed by atoms with Crippen LogP contribution in [-0.4, -0.2) is 25.1 Å². The van der Waals surface area contributed by atoms with Crippen molar-refractivity contribution >= 4 is 27.9 Å². The second-order valence-electron chi connectivity index (χ2n) is 3.02. The van der Waals surface area contributed by atoms with Crippen molar-refractivity contribution < 1.29 is 14.0 Å². The van der Waals surface area contributed by atoms with Gasteiger partial charge in [-0.05, 0) is 29.8 Å². The minimum Gasteiger partial charge on any atom is -0.274 e. The van der Waals surface area contributed by atoms with Gasteiger partial charge in [-0.2, -0.15) is 0 Å². The standard InChI is InChI=1S/C11H11BrFNO2/c1-14(16-2)11(15)6-3-8-7-9(13)4-5-10(8)12/h3-7H,1-2H3. The lowest BCUT2D eigenvalue weighted by molar-refractivity contribution is -0.162. The molecule has 3 nitrogen and oxygen atoms in total. The number of nitrogens with zero attached hydrogens (tertiary/aromatic N) is 1. The van der Waals surface area contributed by atoms with Crippen LogP contribution in [-0.2, 0) is 9.63 Å². The molecule has 0 radical (unpaired) electrons. The zero-order valence-corrected chi connectivity index (χ0v) is 10.5. The number of amides is 1. The molecule has 0 saturated carbocycles. The first-order chi connectivity index (χ1) is 7.54. The molecule has 1 aromatic carbocycles. The van der Waals surface area contributed by atoms with Crippen molar-refractivity contribution in [2.45, 2.75) is 0 Å². The Hall–Kier alpha value is -1.20. The summed E-state index contributed by atoms with van der Waals surface area (Å²) in [5.74, 6) is -0.672. The Kier molecular flexibility index (Phi) is 4.64. The lowest BCUT2D eigenvalue weighted by Gasteiger charge is -2.10. The van der Waals surface area contributed by atoms with Gasteiger partial charge in [0.05, 0.1) is 7.11 Å². The highest BCUT2D eigenvalue weighted by atomic mass is 79.9. The molecule has 0 saturated heterocycles. The van der Waals surface area contributed by atoms with Crippen molar-refractivity contribution in [2.75, 3.05) is 14.2 Å². The summed E-state index contributed by atoms with van der Waals surface area (Å²) < 4.78 is 13.6. The molecule has 0 heterocycles. The third-order valence-electron chi connectivity index (χ3n) is 1.95. The highest BCUT2D eigenvalue weighted by Crippen LogP contribution is 2.19. The number of carbonyl (C=O) groups excluding carboxylic acids is 1. The Morgan fingerprint density at radius 2 is 2.25 bits per heavy atom. The summed E-state index contributed by atoms with van der Waals surface area (Å²) in [6, 6.07) is 4.25. The molecular weight excluding hydrogens is 277 g/mol. The zero-order chi connectivity index (χ0) is 12.1. The SMILES string of the molecule is CON(C)C(=O)C=Cc1cc(F)ccc1Br. The fourth-order valence-corrected chi connectivity index (χ4v) is 1.38. The van der Waals surface area contributed by atoms with E-state index in [4.69, 9.17) is 4.84 Å². The van der Waals surface area contributed by atoms with Gasteiger partial charge in [-0.3, -0.25) is 9.63 Å². The molecular formula is C11H11BrFNO2. The molecule has 1 rings (SSSR count). The van der Waals surface area contributed by atoms with Gasteiger partial charge in [-0.25, -0.2) is 9.45 Å². The summed E-state index contributed by atoms with van der Waals surface area (Å²) in [6.45, 7) is 0. The molecule has 0 bridgehead atoms. The molecule has 0 aliphatic carbocycles. The van der Waals surface area contributed by atoms with Crippen LogP contribution < -0.4 is 0 Å². The molecule has 0 unspecified atom stereocenters. The summed E-state index contributed by atoms with van der Waals surface area (Å²) in [6.07, 6.45) is 2.83. The average Bonchev–Trinajstić information content (AvgIpc) is 2.28. The molecule has 0 aliphatic rings. The second-order valence-corrected chi connectivity index (χ2v) is 3.87. The van der Waals surface area contributed by atoms with E-state index in [1.54, 1.807) is 6.07 Å². The Bertz CT molecular complexity index is 420. The maximum Gasteiger partial charge on any atom is 0.269 e. The fraction of sp³-hybridized carbons (Fsp3) is 0.182. The molecule has 1 amide bonds. The number of benzene rings is 1. The van der Waals surface area contributed by atoms with E-state index in [1.807, 2.05) is 0 Å². The maximum atomic E-state index is 12.9. The number of halogens is 2. The smallest absolute Gasteiger partial charge is 0.269 e. The topological polar surface area (TPSA) is 29.5 Å². The number of hydroxylamine groups is 2. The Morgan fingerprint density at radius 1 is 1.56 bits per heavy atom. The molecule has 1 aromatic rings. The largest absolute Gasteiger partial charge is 0.274 e. The molecule has 0 N–H and O–H groups in total. The zero-order valence-electron chi connectivity index (χ0n) is 8.91. The normalized spacial score (nSPS) is 10.8. The van der Waals surface area contributed by atoms with Crippen molar-refractivity contribution in [3.8, 4) is 0 Å². The van der Waals surface area contributed by atoms with Crippen molar-refractivity contribution in [3.63, 3.8) is 0 Å². The van der Waals surface area contributed by atoms with Crippen LogP contribution in [0.5, 0.6) is 0 Å². The molecule has 16 heavy (non-hydrogen) atoms. The van der Waals surface area contributed by atoms with E-state index in [0.29, 0.717) is 5.56 Å². The molecule has 5 heteroatoms. The lowest BCUT2D eigenvalue weighted by atomic mass is 10.2. The molecule has 0 spiro atoms. The Labute approximate surface area is 102 Å². The van der Waals surface area contributed by atoms with E-state index in [2.05, 4.69) is 15.9 Å². The van der Waals surface area contributed by atoms with Gasteiger partial charge in [0, 0.05) is 17.6 Å². The van der Waals surface area contributed by atoms with Crippen LogP contribution in [0.2, 0.25) is 0 Å². The number of hydrogen-bond donors (Lipinski definition) is 0. The number of carbonyl (C=O) groups is 1. The van der Waals surface area contributed by atoms with E-state index in [0.717, 1.165) is 9.54 Å². The van der Waals surface area contributed by atoms with Gasteiger partial charge in [0.25, 0.3) is 5.91 Å². The van der Waals surface area contributed by atoms with Crippen molar-refractivity contribution in [2.24, 2.45) is 0 Å². The third kappa shape index (κ3) is 3.43. The first kappa shape index (κ1) is 12.9. The van der Waals surface area contributed by atoms with E-state index in [9.17, 15) is 9.18 Å². The minimum absolute atomic E-state index is 0.321. The maximum absolute atomic E-state index is 12.9. The van der Waals surface area contributed by atoms with Crippen LogP contribution in [0.25, 0.3) is 6.08 Å². The Balaban J connectivity index is 2.84. The molecule has 0 fully saturated rings. The van der Waals surface area contributed by atoms with Gasteiger partial charge >= 0.3 is 0 Å². The first-order valence-electron chi connectivity index (χ1n) is 4.49. The summed E-state index contributed by atoms with van der Waals surface area (Å²) in [5.41, 5.74) is 0.595. The van der Waals surface area contributed by atoms with Crippen LogP contribution in [0, 0.1) is 5.82 Å². The molecule has 0 aliphatic heterocycles. The van der Waals surface area contributed by atoms with Crippen LogP contribution in [0.4, 0.5) is 4.39 Å². The molecule has 0 atom stereocenters. The highest BCUT2D eigenvalue weighted by Gasteiger charge is 2.03. The number of hydrogen-bond acceptors (Lipinski definition) is 2. The van der Waals surface area contributed by atoms with E-state index in [-0.39, 0.29) is 11.7 Å². The van der Waals surface area contributed by atoms with Crippen LogP contribution in [0.1, 0.15) is 5.56 Å². The quantitative estimate of drug-likeness (QED) is 0.632. The van der Waals surface area contributed by atoms with Crippen LogP contribution in [0.3, 0.4) is 0 Å². The minimum atomic E-state index is -0.351. The summed E-state index contributed by atoms with van der Waals surface area (Å²) in [4.78, 5) is 16.0. The third-order valence-corrected chi connectivity index (χ3v) is 2.67. The van der Waals surface area contributed by atoms with Gasteiger partial charge in [0.15, 0.2) is 0 Å². The van der Waals surface area contributed by atoms with E-state index in [1.165, 1.54) is 38.4 Å². The van der Waals surface area contributed by atoms with Crippen molar-refractivity contribution in [3.05, 3.63) is 40.1 Å². The van der Waals surface area contributed by atoms with Gasteiger partial charge in [-0.1, -0.05) is 15.9 Å². The average molecular weight is 288 g/mol. The summed E-state index contributed by atoms with van der Waals surface area (Å²) in [5, 5.41) is 1.07. The fourth-order valence-electron chi connectivity index (χ4n) is 0.998. The van der Waals surface area contributed by atoms with Crippen LogP contribution in [0.15, 0.2) is 28.7 Å². The molecule has 86 valence electrons. The lowest BCUT2D eigenvalue weighted by Crippen LogP contribution is -2.22. The van der Waals surface area contributed by atoms with Gasteiger partial charge in [0.1, 0.15) is 5.82 Å². The summed E-state index contributed by atoms with van der Waals surface area (Å²) in [7, 11) is 2.89. The second kappa shape index (κ2) is 5.77. The monoisotopic (exact) mass is 287 g/mol. The molecule has 0 aromatic heterocycles. The summed E-state index contributed by atoms with van der Waals surface area (Å²) >= 11 is 3.26. The van der Waals surface area contributed by atoms with E-state index >= 15 is 0 Å². The van der Waals surface area contributed by atoms with Gasteiger partial charge < -0.3 is 0 Å². The van der Waals surface area contributed by atoms with Gasteiger partial charge in [0.2, 0.25) is 0 Å². The van der Waals surface area contributed by atoms with Gasteiger partial charge in [-0.15, -0.1) is 0 Å². The van der Waals surface area contributed by atoms with Crippen molar-refractivity contribution in [1.82, 2.24) is 5.06 Å². The highest BCUT2D eigenvalue weighted by molar-refractivity contribution is 9.10. The van der Waals surface area contributed by atoms with Crippen LogP contribution >= 0.6 is 15.9 Å².